The molecule has 0 aliphatic carbocycles. The van der Waals surface area contributed by atoms with Gasteiger partial charge in [0, 0.05) is 11.9 Å². The van der Waals surface area contributed by atoms with Gasteiger partial charge in [0.05, 0.1) is 4.90 Å². The van der Waals surface area contributed by atoms with Crippen molar-refractivity contribution in [1.82, 2.24) is 0 Å². The highest BCUT2D eigenvalue weighted by molar-refractivity contribution is 7.99. The van der Waals surface area contributed by atoms with Crippen molar-refractivity contribution in [3.05, 3.63) is 36.4 Å². The fraction of sp³-hybridized carbons (Fsp3) is 0.167. The van der Waals surface area contributed by atoms with Crippen molar-refractivity contribution in [3.8, 4) is 5.75 Å². The molecule has 0 amide bonds. The minimum absolute atomic E-state index is 0.155. The summed E-state index contributed by atoms with van der Waals surface area (Å²) in [7, 11) is 0.155. The predicted octanol–water partition coefficient (Wildman–Crippen LogP) is 3.93. The van der Waals surface area contributed by atoms with Crippen LogP contribution >= 0.6 is 20.2 Å². The fourth-order valence-corrected chi connectivity index (χ4v) is 2.99. The zero-order valence-corrected chi connectivity index (χ0v) is 10.3. The van der Waals surface area contributed by atoms with Crippen molar-refractivity contribution in [1.29, 1.82) is 0 Å². The molecule has 0 unspecified atom stereocenters. The van der Waals surface area contributed by atoms with E-state index in [-0.39, 0.29) is 8.46 Å². The van der Waals surface area contributed by atoms with Crippen LogP contribution in [0.15, 0.2) is 41.3 Å². The smallest absolute Gasteiger partial charge is 0.156 e. The van der Waals surface area contributed by atoms with E-state index in [4.69, 9.17) is 0 Å². The molecule has 0 aliphatic heterocycles. The van der Waals surface area contributed by atoms with Gasteiger partial charge in [0.15, 0.2) is 8.46 Å². The number of thioether (sulfide) groups is 1. The number of phenolic OH excluding ortho intramolecular Hbond substituents is 1. The van der Waals surface area contributed by atoms with Crippen LogP contribution in [0.2, 0.25) is 0 Å². The van der Waals surface area contributed by atoms with E-state index in [1.165, 1.54) is 0 Å². The van der Waals surface area contributed by atoms with E-state index < -0.39 is 0 Å². The van der Waals surface area contributed by atoms with Crippen molar-refractivity contribution >= 4 is 31.0 Å². The molecule has 4 heteroatoms. The number of phenols is 1. The van der Waals surface area contributed by atoms with Gasteiger partial charge in [0.25, 0.3) is 0 Å². The van der Waals surface area contributed by atoms with Crippen LogP contribution in [-0.4, -0.2) is 17.0 Å². The summed E-state index contributed by atoms with van der Waals surface area (Å²) >= 11 is 1.54. The summed E-state index contributed by atoms with van der Waals surface area (Å²) in [6, 6.07) is 11.6. The molecule has 0 saturated carbocycles. The summed E-state index contributed by atoms with van der Waals surface area (Å²) in [4.78, 5) is 0.877. The van der Waals surface area contributed by atoms with Crippen LogP contribution in [0.25, 0.3) is 10.8 Å². The van der Waals surface area contributed by atoms with Gasteiger partial charge >= 0.3 is 0 Å². The first-order chi connectivity index (χ1) is 7.83. The summed E-state index contributed by atoms with van der Waals surface area (Å²) < 4.78 is 10.4. The molecule has 2 nitrogen and oxygen atoms in total. The Morgan fingerprint density at radius 1 is 1.19 bits per heavy atom. The largest absolute Gasteiger partial charge is 0.507 e. The number of benzene rings is 2. The zero-order chi connectivity index (χ0) is 11.4. The van der Waals surface area contributed by atoms with Gasteiger partial charge in [-0.2, -0.15) is 0 Å². The molecule has 0 spiro atoms. The van der Waals surface area contributed by atoms with E-state index in [1.54, 1.807) is 17.8 Å². The SMILES string of the molecule is O=PCCSc1c(O)ccc2ccccc12. The molecule has 0 atom stereocenters. The minimum atomic E-state index is 0.155. The minimum Gasteiger partial charge on any atom is -0.507 e. The Labute approximate surface area is 99.9 Å². The molecule has 2 rings (SSSR count). The average Bonchev–Trinajstić information content (AvgIpc) is 2.32. The third-order valence-electron chi connectivity index (χ3n) is 2.29. The lowest BCUT2D eigenvalue weighted by molar-refractivity contribution is 0.464. The Bertz CT molecular complexity index is 513. The Morgan fingerprint density at radius 2 is 2.00 bits per heavy atom. The third kappa shape index (κ3) is 2.37. The van der Waals surface area contributed by atoms with Gasteiger partial charge in [0.2, 0.25) is 0 Å². The van der Waals surface area contributed by atoms with E-state index in [1.807, 2.05) is 30.3 Å². The first-order valence-corrected chi connectivity index (χ1v) is 6.94. The van der Waals surface area contributed by atoms with Crippen LogP contribution in [0.5, 0.6) is 5.75 Å². The fourth-order valence-electron chi connectivity index (χ4n) is 1.57. The van der Waals surface area contributed by atoms with Crippen molar-refractivity contribution in [2.45, 2.75) is 4.90 Å². The zero-order valence-electron chi connectivity index (χ0n) is 8.59. The van der Waals surface area contributed by atoms with Crippen molar-refractivity contribution in [2.24, 2.45) is 0 Å². The van der Waals surface area contributed by atoms with Crippen LogP contribution in [0.4, 0.5) is 0 Å². The lowest BCUT2D eigenvalue weighted by Gasteiger charge is -2.07. The highest BCUT2D eigenvalue weighted by Gasteiger charge is 2.06. The summed E-state index contributed by atoms with van der Waals surface area (Å²) in [6.45, 7) is 0. The van der Waals surface area contributed by atoms with E-state index >= 15 is 0 Å². The van der Waals surface area contributed by atoms with Crippen molar-refractivity contribution in [2.75, 3.05) is 11.9 Å². The number of fused-ring (bicyclic) bond motifs is 1. The molecule has 0 fully saturated rings. The standard InChI is InChI=1S/C12H11O2PS/c13-11-6-5-9-3-1-2-4-10(9)12(11)16-8-7-15-14/h1-6,13H,7-8H2. The molecule has 82 valence electrons. The molecule has 16 heavy (non-hydrogen) atoms. The lowest BCUT2D eigenvalue weighted by Crippen LogP contribution is -1.83. The van der Waals surface area contributed by atoms with Crippen molar-refractivity contribution in [3.63, 3.8) is 0 Å². The first-order valence-electron chi connectivity index (χ1n) is 4.95. The maximum atomic E-state index is 10.4. The Morgan fingerprint density at radius 3 is 2.81 bits per heavy atom. The van der Waals surface area contributed by atoms with E-state index in [0.29, 0.717) is 11.9 Å². The normalized spacial score (nSPS) is 11.0. The summed E-state index contributed by atoms with van der Waals surface area (Å²) in [5.41, 5.74) is 0. The van der Waals surface area contributed by atoms with E-state index in [9.17, 15) is 9.67 Å². The van der Waals surface area contributed by atoms with Gasteiger partial charge in [-0.3, -0.25) is 4.57 Å². The summed E-state index contributed by atoms with van der Waals surface area (Å²) in [5, 5.41) is 12.0. The number of hydrogen-bond donors (Lipinski definition) is 1. The monoisotopic (exact) mass is 250 g/mol. The highest BCUT2D eigenvalue weighted by atomic mass is 32.2. The second-order valence-corrected chi connectivity index (χ2v) is 5.15. The van der Waals surface area contributed by atoms with E-state index in [0.717, 1.165) is 21.4 Å². The Balaban J connectivity index is 2.40. The number of aromatic hydroxyl groups is 1. The van der Waals surface area contributed by atoms with Crippen LogP contribution < -0.4 is 0 Å². The van der Waals surface area contributed by atoms with Crippen LogP contribution in [0.1, 0.15) is 0 Å². The van der Waals surface area contributed by atoms with Gasteiger partial charge in [-0.05, 0) is 16.8 Å². The molecule has 2 aromatic carbocycles. The van der Waals surface area contributed by atoms with Gasteiger partial charge in [-0.1, -0.05) is 30.3 Å². The van der Waals surface area contributed by atoms with Gasteiger partial charge in [-0.15, -0.1) is 11.8 Å². The average molecular weight is 250 g/mol. The quantitative estimate of drug-likeness (QED) is 0.507. The van der Waals surface area contributed by atoms with Crippen molar-refractivity contribution < 1.29 is 9.67 Å². The lowest BCUT2D eigenvalue weighted by atomic mass is 10.1. The topological polar surface area (TPSA) is 37.3 Å². The molecule has 0 aliphatic rings. The molecule has 1 N–H and O–H groups in total. The molecule has 0 saturated heterocycles. The van der Waals surface area contributed by atoms with Crippen LogP contribution in [0, 0.1) is 0 Å². The number of rotatable bonds is 4. The van der Waals surface area contributed by atoms with Crippen LogP contribution in [-0.2, 0) is 4.57 Å². The molecule has 0 bridgehead atoms. The molecule has 0 radical (unpaired) electrons. The summed E-state index contributed by atoms with van der Waals surface area (Å²) in [5.74, 6) is 1.04. The highest BCUT2D eigenvalue weighted by Crippen LogP contribution is 2.35. The Hall–Kier alpha value is -1.05. The van der Waals surface area contributed by atoms with Gasteiger partial charge < -0.3 is 5.11 Å². The van der Waals surface area contributed by atoms with Crippen LogP contribution in [0.3, 0.4) is 0 Å². The Kier molecular flexibility index (Phi) is 3.81. The number of hydrogen-bond acceptors (Lipinski definition) is 3. The predicted molar refractivity (Wildman–Crippen MR) is 68.8 cm³/mol. The molecule has 2 aromatic rings. The molecular formula is C12H11O2PS. The van der Waals surface area contributed by atoms with E-state index in [2.05, 4.69) is 0 Å². The maximum absolute atomic E-state index is 10.4. The second-order valence-electron chi connectivity index (χ2n) is 3.34. The van der Waals surface area contributed by atoms with Gasteiger partial charge in [-0.25, -0.2) is 0 Å². The third-order valence-corrected chi connectivity index (χ3v) is 4.12. The summed E-state index contributed by atoms with van der Waals surface area (Å²) in [6.07, 6.45) is 0.604. The molecule has 0 heterocycles. The first kappa shape index (κ1) is 11.4. The molecule has 0 aromatic heterocycles. The molecular weight excluding hydrogens is 239 g/mol. The maximum Gasteiger partial charge on any atom is 0.156 e. The second kappa shape index (κ2) is 5.33. The van der Waals surface area contributed by atoms with Gasteiger partial charge in [0.1, 0.15) is 5.75 Å².